The lowest BCUT2D eigenvalue weighted by Crippen LogP contribution is -2.52. The minimum absolute atomic E-state index is 0.0829. The summed E-state index contributed by atoms with van der Waals surface area (Å²) in [7, 11) is 0. The zero-order valence-electron chi connectivity index (χ0n) is 12.4. The second kappa shape index (κ2) is 3.86. The van der Waals surface area contributed by atoms with E-state index in [9.17, 15) is 9.18 Å². The van der Waals surface area contributed by atoms with Crippen LogP contribution < -0.4 is 5.32 Å². The Morgan fingerprint density at radius 2 is 2.14 bits per heavy atom. The predicted molar refractivity (Wildman–Crippen MR) is 77.3 cm³/mol. The van der Waals surface area contributed by atoms with E-state index in [4.69, 9.17) is 4.74 Å². The molecule has 3 fully saturated rings. The number of para-hydroxylation sites is 1. The summed E-state index contributed by atoms with van der Waals surface area (Å²) in [6, 6.07) is 6.28. The number of nitrogens with one attached hydrogen (secondary N) is 1. The normalized spacial score (nSPS) is 43.3. The van der Waals surface area contributed by atoms with Gasteiger partial charge in [-0.05, 0) is 37.3 Å². The lowest BCUT2D eigenvalue weighted by molar-refractivity contribution is -0.149. The molecule has 1 saturated heterocycles. The van der Waals surface area contributed by atoms with Gasteiger partial charge in [-0.2, -0.15) is 0 Å². The van der Waals surface area contributed by atoms with Gasteiger partial charge < -0.3 is 10.1 Å². The van der Waals surface area contributed by atoms with Gasteiger partial charge in [-0.1, -0.05) is 26.0 Å². The molecule has 0 radical (unpaired) electrons. The molecular formula is C17H20FNO2. The molecule has 4 atom stereocenters. The Morgan fingerprint density at radius 3 is 2.81 bits per heavy atom. The highest BCUT2D eigenvalue weighted by molar-refractivity contribution is 5.99. The molecule has 0 unspecified atom stereocenters. The number of rotatable bonds is 2. The van der Waals surface area contributed by atoms with E-state index in [0.29, 0.717) is 12.5 Å². The van der Waals surface area contributed by atoms with Gasteiger partial charge in [0.25, 0.3) is 5.91 Å². The summed E-state index contributed by atoms with van der Waals surface area (Å²) in [5.74, 6) is -0.0417. The van der Waals surface area contributed by atoms with Gasteiger partial charge in [-0.3, -0.25) is 4.79 Å². The number of anilines is 1. The molecule has 0 spiro atoms. The first-order chi connectivity index (χ1) is 9.93. The van der Waals surface area contributed by atoms with Gasteiger partial charge in [0.05, 0.1) is 12.3 Å². The van der Waals surface area contributed by atoms with Gasteiger partial charge in [0.2, 0.25) is 0 Å². The quantitative estimate of drug-likeness (QED) is 0.906. The number of halogens is 1. The second-order valence-electron chi connectivity index (χ2n) is 7.24. The van der Waals surface area contributed by atoms with Crippen LogP contribution in [0, 0.1) is 22.6 Å². The Balaban J connectivity index is 1.68. The van der Waals surface area contributed by atoms with E-state index >= 15 is 0 Å². The molecule has 4 bridgehead atoms. The molecular weight excluding hydrogens is 269 g/mol. The Kier molecular flexibility index (Phi) is 2.44. The first-order valence-electron chi connectivity index (χ1n) is 7.63. The number of benzene rings is 1. The SMILES string of the molecule is C[C@@]12CC[C@@H]3C[C@]1(C(=O)Nc1ccccc1F)OC[C@]32C. The minimum Gasteiger partial charge on any atom is -0.364 e. The van der Waals surface area contributed by atoms with E-state index in [1.165, 1.54) is 12.5 Å². The van der Waals surface area contributed by atoms with Crippen molar-refractivity contribution in [1.82, 2.24) is 0 Å². The average molecular weight is 289 g/mol. The van der Waals surface area contributed by atoms with Crippen molar-refractivity contribution in [3.8, 4) is 0 Å². The third-order valence-electron chi connectivity index (χ3n) is 6.69. The van der Waals surface area contributed by atoms with E-state index in [-0.39, 0.29) is 22.4 Å². The molecule has 4 heteroatoms. The molecule has 4 rings (SSSR count). The molecule has 1 heterocycles. The standard InChI is InChI=1S/C17H20FNO2/c1-15-10-21-17(9-11(15)7-8-16(15,17)2)14(20)19-13-6-4-3-5-12(13)18/h3-6,11H,7-10H2,1-2H3,(H,19,20)/t11-,15-,16+,17-/m1/s1. The Hall–Kier alpha value is -1.42. The van der Waals surface area contributed by atoms with Crippen LogP contribution in [0.4, 0.5) is 10.1 Å². The maximum atomic E-state index is 13.8. The lowest BCUT2D eigenvalue weighted by Gasteiger charge is -2.40. The molecule has 112 valence electrons. The summed E-state index contributed by atoms with van der Waals surface area (Å²) < 4.78 is 19.8. The van der Waals surface area contributed by atoms with Crippen LogP contribution in [0.15, 0.2) is 24.3 Å². The number of hydrogen-bond donors (Lipinski definition) is 1. The zero-order valence-corrected chi connectivity index (χ0v) is 12.4. The van der Waals surface area contributed by atoms with Crippen LogP contribution >= 0.6 is 0 Å². The summed E-state index contributed by atoms with van der Waals surface area (Å²) in [5.41, 5.74) is -0.604. The topological polar surface area (TPSA) is 38.3 Å². The monoisotopic (exact) mass is 289 g/mol. The highest BCUT2D eigenvalue weighted by Crippen LogP contribution is 2.75. The number of hydrogen-bond acceptors (Lipinski definition) is 2. The van der Waals surface area contributed by atoms with Crippen molar-refractivity contribution in [1.29, 1.82) is 0 Å². The van der Waals surface area contributed by atoms with Crippen molar-refractivity contribution >= 4 is 11.6 Å². The van der Waals surface area contributed by atoms with Crippen molar-refractivity contribution in [2.45, 2.75) is 38.7 Å². The fourth-order valence-electron chi connectivity index (χ4n) is 5.04. The van der Waals surface area contributed by atoms with Gasteiger partial charge in [0, 0.05) is 10.8 Å². The Bertz CT molecular complexity index is 633. The molecule has 2 aliphatic carbocycles. The van der Waals surface area contributed by atoms with Crippen LogP contribution in [0.5, 0.6) is 0 Å². The van der Waals surface area contributed by atoms with Gasteiger partial charge in [0.15, 0.2) is 5.60 Å². The first kappa shape index (κ1) is 13.3. The predicted octanol–water partition coefficient (Wildman–Crippen LogP) is 3.36. The molecule has 1 aromatic rings. The van der Waals surface area contributed by atoms with Crippen LogP contribution in [-0.2, 0) is 9.53 Å². The van der Waals surface area contributed by atoms with Crippen LogP contribution in [0.3, 0.4) is 0 Å². The third-order valence-corrected chi connectivity index (χ3v) is 6.69. The largest absolute Gasteiger partial charge is 0.364 e. The van der Waals surface area contributed by atoms with Gasteiger partial charge in [0.1, 0.15) is 5.82 Å². The van der Waals surface area contributed by atoms with Crippen molar-refractivity contribution in [2.24, 2.45) is 16.7 Å². The summed E-state index contributed by atoms with van der Waals surface area (Å²) in [6.45, 7) is 5.06. The molecule has 3 nitrogen and oxygen atoms in total. The van der Waals surface area contributed by atoms with Crippen LogP contribution in [0.2, 0.25) is 0 Å². The van der Waals surface area contributed by atoms with Crippen molar-refractivity contribution in [3.63, 3.8) is 0 Å². The smallest absolute Gasteiger partial charge is 0.257 e. The highest BCUT2D eigenvalue weighted by atomic mass is 19.1. The molecule has 1 amide bonds. The molecule has 21 heavy (non-hydrogen) atoms. The van der Waals surface area contributed by atoms with Crippen molar-refractivity contribution < 1.29 is 13.9 Å². The summed E-state index contributed by atoms with van der Waals surface area (Å²) in [5, 5.41) is 2.76. The maximum absolute atomic E-state index is 13.8. The Labute approximate surface area is 123 Å². The minimum atomic E-state index is -0.785. The van der Waals surface area contributed by atoms with Gasteiger partial charge in [-0.15, -0.1) is 0 Å². The second-order valence-corrected chi connectivity index (χ2v) is 7.24. The summed E-state index contributed by atoms with van der Waals surface area (Å²) >= 11 is 0. The van der Waals surface area contributed by atoms with E-state index < -0.39 is 11.4 Å². The van der Waals surface area contributed by atoms with Crippen molar-refractivity contribution in [3.05, 3.63) is 30.1 Å². The highest BCUT2D eigenvalue weighted by Gasteiger charge is 2.78. The zero-order chi connectivity index (χ0) is 14.9. The first-order valence-corrected chi connectivity index (χ1v) is 7.63. The van der Waals surface area contributed by atoms with Crippen LogP contribution in [0.25, 0.3) is 0 Å². The van der Waals surface area contributed by atoms with Crippen LogP contribution in [0.1, 0.15) is 33.1 Å². The molecule has 2 saturated carbocycles. The Morgan fingerprint density at radius 1 is 1.38 bits per heavy atom. The van der Waals surface area contributed by atoms with E-state index in [2.05, 4.69) is 19.2 Å². The van der Waals surface area contributed by atoms with E-state index in [1.54, 1.807) is 18.2 Å². The number of carbonyl (C=O) groups excluding carboxylic acids is 1. The van der Waals surface area contributed by atoms with Gasteiger partial charge in [-0.25, -0.2) is 4.39 Å². The fraction of sp³-hybridized carbons (Fsp3) is 0.588. The molecule has 1 aliphatic heterocycles. The van der Waals surface area contributed by atoms with Crippen molar-refractivity contribution in [2.75, 3.05) is 11.9 Å². The summed E-state index contributed by atoms with van der Waals surface area (Å²) in [6.07, 6.45) is 2.95. The molecule has 1 N–H and O–H groups in total. The fourth-order valence-corrected chi connectivity index (χ4v) is 5.04. The number of ether oxygens (including phenoxy) is 1. The van der Waals surface area contributed by atoms with E-state index in [0.717, 1.165) is 12.8 Å². The maximum Gasteiger partial charge on any atom is 0.257 e. The van der Waals surface area contributed by atoms with Gasteiger partial charge >= 0.3 is 0 Å². The van der Waals surface area contributed by atoms with E-state index in [1.807, 2.05) is 0 Å². The molecule has 1 aromatic carbocycles. The molecule has 0 aromatic heterocycles. The lowest BCUT2D eigenvalue weighted by atomic mass is 9.66. The van der Waals surface area contributed by atoms with Crippen LogP contribution in [-0.4, -0.2) is 18.1 Å². The number of carbonyl (C=O) groups is 1. The third kappa shape index (κ3) is 1.35. The molecule has 3 aliphatic rings. The number of amides is 1. The average Bonchev–Trinajstić information content (AvgIpc) is 2.93. The summed E-state index contributed by atoms with van der Waals surface area (Å²) in [4.78, 5) is 12.9.